The van der Waals surface area contributed by atoms with Crippen molar-refractivity contribution >= 4 is 0 Å². The van der Waals surface area contributed by atoms with Gasteiger partial charge in [-0.15, -0.1) is 0 Å². The second-order valence-corrected chi connectivity index (χ2v) is 1.92. The van der Waals surface area contributed by atoms with E-state index in [1.165, 1.54) is 14.0 Å². The molecule has 50 valence electrons. The molecule has 1 nitrogen and oxygen atoms in total. The van der Waals surface area contributed by atoms with Gasteiger partial charge in [0.2, 0.25) is 0 Å². The lowest BCUT2D eigenvalue weighted by molar-refractivity contribution is -0.0309. The summed E-state index contributed by atoms with van der Waals surface area (Å²) >= 11 is 0. The maximum Gasteiger partial charge on any atom is 0.121 e. The van der Waals surface area contributed by atoms with Crippen molar-refractivity contribution in [2.75, 3.05) is 20.5 Å². The molecule has 0 radical (unpaired) electrons. The maximum atomic E-state index is 11.7. The average Bonchev–Trinajstić information content (AvgIpc) is 1.87. The zero-order valence-electron chi connectivity index (χ0n) is 5.08. The fraction of sp³-hybridized carbons (Fsp3) is 1.00. The summed E-state index contributed by atoms with van der Waals surface area (Å²) < 4.78 is 27.8. The van der Waals surface area contributed by atoms with Crippen LogP contribution in [0.1, 0.15) is 6.92 Å². The molecule has 0 aromatic rings. The third-order valence-corrected chi connectivity index (χ3v) is 1.06. The predicted molar refractivity (Wildman–Crippen MR) is 27.4 cm³/mol. The molecule has 3 heteroatoms. The van der Waals surface area contributed by atoms with Gasteiger partial charge in [0.05, 0.1) is 0 Å². The summed E-state index contributed by atoms with van der Waals surface area (Å²) in [5.41, 5.74) is -1.21. The topological polar surface area (TPSA) is 9.23 Å². The van der Waals surface area contributed by atoms with Gasteiger partial charge in [0, 0.05) is 7.11 Å². The largest absolute Gasteiger partial charge is 0.373 e. The third kappa shape index (κ3) is 1.74. The summed E-state index contributed by atoms with van der Waals surface area (Å²) in [6.45, 7) is -0.174. The van der Waals surface area contributed by atoms with E-state index in [4.69, 9.17) is 0 Å². The fourth-order valence-electron chi connectivity index (χ4n) is 0.145. The Bertz CT molecular complexity index is 53.2. The van der Waals surface area contributed by atoms with E-state index >= 15 is 0 Å². The minimum absolute atomic E-state index is 0.778. The van der Waals surface area contributed by atoms with Gasteiger partial charge in [0.15, 0.2) is 0 Å². The van der Waals surface area contributed by atoms with Crippen LogP contribution >= 0.6 is 0 Å². The van der Waals surface area contributed by atoms with Gasteiger partial charge in [-0.1, -0.05) is 0 Å². The van der Waals surface area contributed by atoms with E-state index in [-0.39, 0.29) is 0 Å². The van der Waals surface area contributed by atoms with Crippen molar-refractivity contribution in [2.45, 2.75) is 12.5 Å². The third-order valence-electron chi connectivity index (χ3n) is 1.06. The quantitative estimate of drug-likeness (QED) is 0.551. The summed E-state index contributed by atoms with van der Waals surface area (Å²) in [5.74, 6) is 0. The van der Waals surface area contributed by atoms with Crippen LogP contribution in [0.5, 0.6) is 0 Å². The van der Waals surface area contributed by atoms with E-state index in [2.05, 4.69) is 4.74 Å². The Morgan fingerprint density at radius 2 is 1.75 bits per heavy atom. The van der Waals surface area contributed by atoms with Crippen LogP contribution in [0, 0.1) is 0 Å². The molecule has 0 saturated heterocycles. The summed E-state index contributed by atoms with van der Waals surface area (Å²) in [5, 5.41) is 0. The van der Waals surface area contributed by atoms with Crippen LogP contribution in [0.2, 0.25) is 0 Å². The molecule has 0 spiro atoms. The van der Waals surface area contributed by atoms with Crippen molar-refractivity contribution in [3.05, 3.63) is 0 Å². The van der Waals surface area contributed by atoms with Gasteiger partial charge in [-0.3, -0.25) is 0 Å². The molecule has 0 amide bonds. The zero-order valence-corrected chi connectivity index (χ0v) is 5.08. The monoisotopic (exact) mass is 124 g/mol. The molecule has 0 aromatic heterocycles. The Morgan fingerprint density at radius 1 is 1.38 bits per heavy atom. The molecule has 0 saturated carbocycles. The van der Waals surface area contributed by atoms with E-state index < -0.39 is 19.0 Å². The first-order chi connectivity index (χ1) is 3.68. The van der Waals surface area contributed by atoms with E-state index in [1.807, 2.05) is 0 Å². The first kappa shape index (κ1) is 7.82. The van der Waals surface area contributed by atoms with Crippen LogP contribution in [-0.4, -0.2) is 26.1 Å². The second-order valence-electron chi connectivity index (χ2n) is 1.92. The van der Waals surface area contributed by atoms with Crippen molar-refractivity contribution in [3.8, 4) is 0 Å². The zero-order chi connectivity index (χ0) is 6.62. The number of rotatable bonds is 3. The van der Waals surface area contributed by atoms with Crippen molar-refractivity contribution in [1.29, 1.82) is 0 Å². The Hall–Kier alpha value is -0.180. The van der Waals surface area contributed by atoms with Crippen molar-refractivity contribution in [3.63, 3.8) is 0 Å². The van der Waals surface area contributed by atoms with Gasteiger partial charge in [-0.25, -0.2) is 8.78 Å². The second kappa shape index (κ2) is 2.97. The number of alkyl halides is 2. The van der Waals surface area contributed by atoms with E-state index in [0.717, 1.165) is 0 Å². The molecular formula is C5H10F2O. The molecule has 0 N–H and O–H groups in total. The number of hydrogen-bond donors (Lipinski definition) is 0. The summed E-state index contributed by atoms with van der Waals surface area (Å²) in [6.07, 6.45) is 0. The lowest BCUT2D eigenvalue weighted by Crippen LogP contribution is -2.32. The molecular weight excluding hydrogens is 114 g/mol. The SMILES string of the molecule is COC(C)(CF)CF. The molecule has 0 aromatic carbocycles. The van der Waals surface area contributed by atoms with Gasteiger partial charge in [-0.2, -0.15) is 0 Å². The first-order valence-electron chi connectivity index (χ1n) is 2.35. The lowest BCUT2D eigenvalue weighted by atomic mass is 10.1. The van der Waals surface area contributed by atoms with Crippen molar-refractivity contribution in [2.24, 2.45) is 0 Å². The van der Waals surface area contributed by atoms with Crippen LogP contribution in [0.3, 0.4) is 0 Å². The Labute approximate surface area is 47.6 Å². The van der Waals surface area contributed by atoms with Crippen LogP contribution < -0.4 is 0 Å². The predicted octanol–water partition coefficient (Wildman–Crippen LogP) is 1.33. The van der Waals surface area contributed by atoms with Crippen molar-refractivity contribution in [1.82, 2.24) is 0 Å². The van der Waals surface area contributed by atoms with Crippen LogP contribution in [0.25, 0.3) is 0 Å². The molecule has 0 aliphatic rings. The molecule has 0 bridgehead atoms. The Morgan fingerprint density at radius 3 is 1.75 bits per heavy atom. The molecule has 0 aliphatic heterocycles. The van der Waals surface area contributed by atoms with E-state index in [1.54, 1.807) is 0 Å². The van der Waals surface area contributed by atoms with Gasteiger partial charge >= 0.3 is 0 Å². The Balaban J connectivity index is 3.58. The summed E-state index contributed by atoms with van der Waals surface area (Å²) in [7, 11) is 1.29. The standard InChI is InChI=1S/C5H10F2O/c1-5(3-6,4-7)8-2/h3-4H2,1-2H3. The highest BCUT2D eigenvalue weighted by Gasteiger charge is 2.22. The molecule has 0 aliphatic carbocycles. The highest BCUT2D eigenvalue weighted by atomic mass is 19.1. The van der Waals surface area contributed by atoms with Crippen LogP contribution in [-0.2, 0) is 4.74 Å². The molecule has 8 heavy (non-hydrogen) atoms. The molecule has 0 rings (SSSR count). The molecule has 0 fully saturated rings. The Kier molecular flexibility index (Phi) is 2.90. The highest BCUT2D eigenvalue weighted by molar-refractivity contribution is 4.71. The van der Waals surface area contributed by atoms with Gasteiger partial charge in [0.25, 0.3) is 0 Å². The highest BCUT2D eigenvalue weighted by Crippen LogP contribution is 2.09. The van der Waals surface area contributed by atoms with Gasteiger partial charge < -0.3 is 4.74 Å². The smallest absolute Gasteiger partial charge is 0.121 e. The van der Waals surface area contributed by atoms with Crippen LogP contribution in [0.4, 0.5) is 8.78 Å². The molecule has 0 unspecified atom stereocenters. The first-order valence-corrected chi connectivity index (χ1v) is 2.35. The normalized spacial score (nSPS) is 12.0. The average molecular weight is 124 g/mol. The van der Waals surface area contributed by atoms with Crippen LogP contribution in [0.15, 0.2) is 0 Å². The lowest BCUT2D eigenvalue weighted by Gasteiger charge is -2.19. The maximum absolute atomic E-state index is 11.7. The number of methoxy groups -OCH3 is 1. The van der Waals surface area contributed by atoms with Gasteiger partial charge in [-0.05, 0) is 6.92 Å². The number of hydrogen-bond acceptors (Lipinski definition) is 1. The molecule has 0 heterocycles. The molecule has 0 atom stereocenters. The minimum atomic E-state index is -1.21. The minimum Gasteiger partial charge on any atom is -0.373 e. The van der Waals surface area contributed by atoms with E-state index in [0.29, 0.717) is 0 Å². The number of ether oxygens (including phenoxy) is 1. The van der Waals surface area contributed by atoms with E-state index in [9.17, 15) is 8.78 Å². The fourth-order valence-corrected chi connectivity index (χ4v) is 0.145. The summed E-state index contributed by atoms with van der Waals surface area (Å²) in [6, 6.07) is 0. The number of halogens is 2. The van der Waals surface area contributed by atoms with Crippen molar-refractivity contribution < 1.29 is 13.5 Å². The summed E-state index contributed by atoms with van der Waals surface area (Å²) in [4.78, 5) is 0. The van der Waals surface area contributed by atoms with Gasteiger partial charge in [0.1, 0.15) is 19.0 Å².